The fourth-order valence-corrected chi connectivity index (χ4v) is 3.88. The minimum Gasteiger partial charge on any atom is -0.307 e. The molecule has 0 aromatic carbocycles. The third-order valence-electron chi connectivity index (χ3n) is 3.31. The molecule has 0 aliphatic carbocycles. The van der Waals surface area contributed by atoms with Crippen LogP contribution in [0.4, 0.5) is 0 Å². The lowest BCUT2D eigenvalue weighted by atomic mass is 9.97. The van der Waals surface area contributed by atoms with Crippen LogP contribution in [0, 0.1) is 5.92 Å². The highest BCUT2D eigenvalue weighted by molar-refractivity contribution is 9.10. The minimum absolute atomic E-state index is 0.838. The van der Waals surface area contributed by atoms with E-state index >= 15 is 0 Å². The second kappa shape index (κ2) is 5.02. The molecule has 90 valence electrons. The van der Waals surface area contributed by atoms with Crippen LogP contribution in [0.15, 0.2) is 29.0 Å². The van der Waals surface area contributed by atoms with E-state index in [1.54, 1.807) is 0 Å². The van der Waals surface area contributed by atoms with E-state index in [-0.39, 0.29) is 0 Å². The number of fused-ring (bicyclic) bond motifs is 1. The lowest BCUT2D eigenvalue weighted by molar-refractivity contribution is 0.483. The van der Waals surface area contributed by atoms with Gasteiger partial charge in [-0.05, 0) is 48.8 Å². The number of nitrogens with zero attached hydrogens (tertiary/aromatic N) is 2. The molecule has 0 radical (unpaired) electrons. The molecule has 3 rings (SSSR count). The number of hydrogen-bond donors (Lipinski definition) is 0. The van der Waals surface area contributed by atoms with Crippen molar-refractivity contribution < 1.29 is 0 Å². The minimum atomic E-state index is 0.838. The summed E-state index contributed by atoms with van der Waals surface area (Å²) in [5, 5.41) is 0. The molecule has 4 heteroatoms. The maximum Gasteiger partial charge on any atom is 0.138 e. The largest absolute Gasteiger partial charge is 0.307 e. The third kappa shape index (κ3) is 2.68. The Hall–Kier alpha value is -0.480. The van der Waals surface area contributed by atoms with Gasteiger partial charge >= 0.3 is 0 Å². The third-order valence-corrected chi connectivity index (χ3v) is 4.85. The highest BCUT2D eigenvalue weighted by atomic mass is 79.9. The smallest absolute Gasteiger partial charge is 0.138 e. The molecule has 2 aromatic rings. The summed E-state index contributed by atoms with van der Waals surface area (Å²) in [7, 11) is 0. The molecule has 2 aromatic heterocycles. The summed E-state index contributed by atoms with van der Waals surface area (Å²) in [6.07, 6.45) is 8.07. The zero-order valence-corrected chi connectivity index (χ0v) is 12.0. The molecular weight excluding hydrogens is 296 g/mol. The Bertz CT molecular complexity index is 517. The molecule has 1 saturated heterocycles. The summed E-state index contributed by atoms with van der Waals surface area (Å²) in [6.45, 7) is 0. The van der Waals surface area contributed by atoms with Gasteiger partial charge in [0.2, 0.25) is 0 Å². The summed E-state index contributed by atoms with van der Waals surface area (Å²) in [5.74, 6) is 3.48. The molecule has 1 aliphatic heterocycles. The van der Waals surface area contributed by atoms with Crippen molar-refractivity contribution in [3.63, 3.8) is 0 Å². The van der Waals surface area contributed by atoms with Gasteiger partial charge in [-0.3, -0.25) is 0 Å². The van der Waals surface area contributed by atoms with E-state index in [2.05, 4.69) is 56.6 Å². The van der Waals surface area contributed by atoms with Crippen LogP contribution >= 0.6 is 27.7 Å². The van der Waals surface area contributed by atoms with Gasteiger partial charge < -0.3 is 4.40 Å². The van der Waals surface area contributed by atoms with Gasteiger partial charge in [-0.15, -0.1) is 0 Å². The number of imidazole rings is 1. The first-order chi connectivity index (χ1) is 8.31. The molecule has 0 atom stereocenters. The summed E-state index contributed by atoms with van der Waals surface area (Å²) in [5.41, 5.74) is 2.28. The van der Waals surface area contributed by atoms with Gasteiger partial charge in [0.05, 0.1) is 5.69 Å². The average molecular weight is 311 g/mol. The van der Waals surface area contributed by atoms with Gasteiger partial charge in [-0.2, -0.15) is 11.8 Å². The first-order valence-electron chi connectivity index (χ1n) is 6.02. The van der Waals surface area contributed by atoms with Crippen molar-refractivity contribution >= 4 is 33.3 Å². The van der Waals surface area contributed by atoms with E-state index in [4.69, 9.17) is 4.98 Å². The fourth-order valence-electron chi connectivity index (χ4n) is 2.35. The SMILES string of the molecule is Brc1ccn2cc(CC3CCSCC3)nc2c1. The molecule has 0 spiro atoms. The Morgan fingerprint density at radius 2 is 2.24 bits per heavy atom. The van der Waals surface area contributed by atoms with Crippen LogP contribution in [0.5, 0.6) is 0 Å². The van der Waals surface area contributed by atoms with Crippen molar-refractivity contribution in [2.24, 2.45) is 5.92 Å². The van der Waals surface area contributed by atoms with Crippen molar-refractivity contribution in [3.8, 4) is 0 Å². The normalized spacial score (nSPS) is 17.7. The monoisotopic (exact) mass is 310 g/mol. The van der Waals surface area contributed by atoms with Gasteiger partial charge in [-0.25, -0.2) is 4.98 Å². The van der Waals surface area contributed by atoms with E-state index in [0.717, 1.165) is 22.5 Å². The molecule has 1 fully saturated rings. The van der Waals surface area contributed by atoms with Crippen molar-refractivity contribution in [2.45, 2.75) is 19.3 Å². The lowest BCUT2D eigenvalue weighted by Crippen LogP contribution is -2.12. The standard InChI is InChI=1S/C13H15BrN2S/c14-11-1-4-16-9-12(15-13(16)8-11)7-10-2-5-17-6-3-10/h1,4,8-10H,2-3,5-7H2. The van der Waals surface area contributed by atoms with E-state index in [1.165, 1.54) is 30.0 Å². The Labute approximate surface area is 114 Å². The molecule has 0 saturated carbocycles. The van der Waals surface area contributed by atoms with Crippen LogP contribution in [0.25, 0.3) is 5.65 Å². The van der Waals surface area contributed by atoms with E-state index in [0.29, 0.717) is 0 Å². The molecule has 0 N–H and O–H groups in total. The number of aromatic nitrogens is 2. The van der Waals surface area contributed by atoms with Crippen molar-refractivity contribution in [3.05, 3.63) is 34.7 Å². The average Bonchev–Trinajstić information content (AvgIpc) is 2.71. The van der Waals surface area contributed by atoms with Gasteiger partial charge in [0, 0.05) is 16.9 Å². The molecule has 0 bridgehead atoms. The van der Waals surface area contributed by atoms with Gasteiger partial charge in [0.15, 0.2) is 0 Å². The van der Waals surface area contributed by atoms with Crippen LogP contribution in [-0.4, -0.2) is 20.9 Å². The molecule has 3 heterocycles. The topological polar surface area (TPSA) is 17.3 Å². The maximum absolute atomic E-state index is 4.69. The number of pyridine rings is 1. The summed E-state index contributed by atoms with van der Waals surface area (Å²) in [4.78, 5) is 4.69. The highest BCUT2D eigenvalue weighted by Gasteiger charge is 2.15. The predicted octanol–water partition coefficient (Wildman–Crippen LogP) is 3.78. The molecule has 2 nitrogen and oxygen atoms in total. The number of thioether (sulfide) groups is 1. The zero-order chi connectivity index (χ0) is 11.7. The predicted molar refractivity (Wildman–Crippen MR) is 76.6 cm³/mol. The van der Waals surface area contributed by atoms with Gasteiger partial charge in [0.1, 0.15) is 5.65 Å². The van der Waals surface area contributed by atoms with Crippen LogP contribution in [-0.2, 0) is 6.42 Å². The van der Waals surface area contributed by atoms with Crippen LogP contribution in [0.1, 0.15) is 18.5 Å². The van der Waals surface area contributed by atoms with Gasteiger partial charge in [0.25, 0.3) is 0 Å². The number of halogens is 1. The van der Waals surface area contributed by atoms with E-state index < -0.39 is 0 Å². The molecular formula is C13H15BrN2S. The van der Waals surface area contributed by atoms with Crippen molar-refractivity contribution in [2.75, 3.05) is 11.5 Å². The first-order valence-corrected chi connectivity index (χ1v) is 7.97. The zero-order valence-electron chi connectivity index (χ0n) is 9.60. The highest BCUT2D eigenvalue weighted by Crippen LogP contribution is 2.26. The van der Waals surface area contributed by atoms with Gasteiger partial charge in [-0.1, -0.05) is 15.9 Å². The molecule has 1 aliphatic rings. The Balaban J connectivity index is 1.80. The number of hydrogen-bond acceptors (Lipinski definition) is 2. The van der Waals surface area contributed by atoms with Crippen LogP contribution in [0.3, 0.4) is 0 Å². The fraction of sp³-hybridized carbons (Fsp3) is 0.462. The van der Waals surface area contributed by atoms with Crippen molar-refractivity contribution in [1.29, 1.82) is 0 Å². The summed E-state index contributed by atoms with van der Waals surface area (Å²) < 4.78 is 3.20. The molecule has 0 amide bonds. The molecule has 0 unspecified atom stereocenters. The van der Waals surface area contributed by atoms with E-state index in [9.17, 15) is 0 Å². The second-order valence-corrected chi connectivity index (χ2v) is 6.74. The van der Waals surface area contributed by atoms with Crippen LogP contribution in [0.2, 0.25) is 0 Å². The van der Waals surface area contributed by atoms with Crippen LogP contribution < -0.4 is 0 Å². The Morgan fingerprint density at radius 1 is 1.41 bits per heavy atom. The van der Waals surface area contributed by atoms with Crippen molar-refractivity contribution in [1.82, 2.24) is 9.38 Å². The first kappa shape index (κ1) is 11.6. The maximum atomic E-state index is 4.69. The Kier molecular flexibility index (Phi) is 3.43. The second-order valence-electron chi connectivity index (χ2n) is 4.60. The molecule has 17 heavy (non-hydrogen) atoms. The quantitative estimate of drug-likeness (QED) is 0.839. The lowest BCUT2D eigenvalue weighted by Gasteiger charge is -2.19. The number of rotatable bonds is 2. The Morgan fingerprint density at radius 3 is 3.06 bits per heavy atom. The summed E-state index contributed by atoms with van der Waals surface area (Å²) in [6, 6.07) is 4.12. The van der Waals surface area contributed by atoms with E-state index in [1.807, 2.05) is 0 Å². The summed E-state index contributed by atoms with van der Waals surface area (Å²) >= 11 is 5.57.